The Hall–Kier alpha value is -2.69. The minimum absolute atomic E-state index is 0.460. The molecule has 0 fully saturated rings. The van der Waals surface area contributed by atoms with Gasteiger partial charge in [0.2, 0.25) is 5.88 Å². The molecular formula is C22H25FN2O2. The van der Waals surface area contributed by atoms with Gasteiger partial charge in [0.1, 0.15) is 11.9 Å². The fraction of sp³-hybridized carbons (Fsp3) is 0.364. The predicted octanol–water partition coefficient (Wildman–Crippen LogP) is 5.68. The lowest BCUT2D eigenvalue weighted by Crippen LogP contribution is -2.14. The van der Waals surface area contributed by atoms with Crippen LogP contribution >= 0.6 is 0 Å². The Bertz CT molecular complexity index is 980. The maximum atomic E-state index is 15.0. The maximum absolute atomic E-state index is 15.0. The molecule has 142 valence electrons. The van der Waals surface area contributed by atoms with Crippen LogP contribution in [0.15, 0.2) is 36.5 Å². The van der Waals surface area contributed by atoms with Gasteiger partial charge in [0, 0.05) is 5.56 Å². The van der Waals surface area contributed by atoms with Crippen molar-refractivity contribution < 1.29 is 13.9 Å². The van der Waals surface area contributed by atoms with Crippen LogP contribution in [-0.4, -0.2) is 24.2 Å². The number of nitrogens with zero attached hydrogens (tertiary/aromatic N) is 2. The van der Waals surface area contributed by atoms with Gasteiger partial charge in [-0.2, -0.15) is 0 Å². The van der Waals surface area contributed by atoms with Gasteiger partial charge in [0.25, 0.3) is 0 Å². The second-order valence-electron chi connectivity index (χ2n) is 7.82. The quantitative estimate of drug-likeness (QED) is 0.594. The summed E-state index contributed by atoms with van der Waals surface area (Å²) in [7, 11) is 3.15. The molecule has 0 saturated carbocycles. The van der Waals surface area contributed by atoms with Gasteiger partial charge in [-0.15, -0.1) is 0 Å². The molecule has 5 heteroatoms. The van der Waals surface area contributed by atoms with Crippen molar-refractivity contribution in [2.45, 2.75) is 33.9 Å². The average molecular weight is 368 g/mol. The molecule has 0 spiro atoms. The molecule has 0 radical (unpaired) electrons. The summed E-state index contributed by atoms with van der Waals surface area (Å²) in [5.74, 6) is 1.08. The van der Waals surface area contributed by atoms with Crippen LogP contribution in [-0.2, 0) is 0 Å². The summed E-state index contributed by atoms with van der Waals surface area (Å²) in [6.45, 7) is 7.65. The molecule has 0 saturated heterocycles. The number of benzene rings is 2. The van der Waals surface area contributed by atoms with Crippen molar-refractivity contribution in [3.63, 3.8) is 0 Å². The molecule has 0 aliphatic rings. The molecule has 1 aromatic heterocycles. The average Bonchev–Trinajstić information content (AvgIpc) is 2.64. The number of aryl methyl sites for hydroxylation is 1. The van der Waals surface area contributed by atoms with E-state index in [-0.39, 0.29) is 0 Å². The lowest BCUT2D eigenvalue weighted by Gasteiger charge is -2.25. The second kappa shape index (κ2) is 7.14. The number of rotatable bonds is 4. The third-order valence-electron chi connectivity index (χ3n) is 4.51. The summed E-state index contributed by atoms with van der Waals surface area (Å²) in [6, 6.07) is 9.53. The van der Waals surface area contributed by atoms with Crippen LogP contribution < -0.4 is 9.47 Å². The van der Waals surface area contributed by atoms with E-state index in [1.54, 1.807) is 26.5 Å². The van der Waals surface area contributed by atoms with E-state index < -0.39 is 11.6 Å². The molecule has 1 unspecified atom stereocenters. The third kappa shape index (κ3) is 3.87. The number of hydrogen-bond donors (Lipinski definition) is 0. The maximum Gasteiger partial charge on any atom is 0.232 e. The van der Waals surface area contributed by atoms with Crippen molar-refractivity contribution in [3.8, 4) is 22.8 Å². The van der Waals surface area contributed by atoms with Gasteiger partial charge in [-0.25, -0.2) is 14.4 Å². The zero-order chi connectivity index (χ0) is 19.8. The normalized spacial score (nSPS) is 12.9. The van der Waals surface area contributed by atoms with E-state index in [4.69, 9.17) is 9.47 Å². The Morgan fingerprint density at radius 1 is 1.00 bits per heavy atom. The molecule has 0 aliphatic carbocycles. The number of alkyl halides is 1. The highest BCUT2D eigenvalue weighted by molar-refractivity contribution is 5.92. The summed E-state index contributed by atoms with van der Waals surface area (Å²) >= 11 is 0. The number of ether oxygens (including phenoxy) is 2. The van der Waals surface area contributed by atoms with Crippen LogP contribution in [0.2, 0.25) is 0 Å². The fourth-order valence-electron chi connectivity index (χ4n) is 3.11. The molecule has 0 bridgehead atoms. The molecule has 27 heavy (non-hydrogen) atoms. The lowest BCUT2D eigenvalue weighted by molar-refractivity contribution is 0.164. The zero-order valence-electron chi connectivity index (χ0n) is 16.6. The third-order valence-corrected chi connectivity index (χ3v) is 4.51. The van der Waals surface area contributed by atoms with E-state index in [9.17, 15) is 0 Å². The summed E-state index contributed by atoms with van der Waals surface area (Å²) in [4.78, 5) is 9.02. The molecule has 1 atom stereocenters. The first kappa shape index (κ1) is 19.1. The van der Waals surface area contributed by atoms with Crippen molar-refractivity contribution in [2.24, 2.45) is 5.41 Å². The van der Waals surface area contributed by atoms with Crippen molar-refractivity contribution in [1.82, 2.24) is 9.97 Å². The first-order chi connectivity index (χ1) is 12.7. The topological polar surface area (TPSA) is 44.2 Å². The molecule has 3 rings (SSSR count). The summed E-state index contributed by atoms with van der Waals surface area (Å²) < 4.78 is 25.7. The van der Waals surface area contributed by atoms with Gasteiger partial charge < -0.3 is 9.47 Å². The van der Waals surface area contributed by atoms with Gasteiger partial charge in [-0.3, -0.25) is 0 Å². The largest absolute Gasteiger partial charge is 0.497 e. The van der Waals surface area contributed by atoms with Gasteiger partial charge >= 0.3 is 0 Å². The predicted molar refractivity (Wildman–Crippen MR) is 106 cm³/mol. The van der Waals surface area contributed by atoms with Crippen LogP contribution in [0.5, 0.6) is 11.6 Å². The van der Waals surface area contributed by atoms with Crippen LogP contribution in [0, 0.1) is 12.3 Å². The van der Waals surface area contributed by atoms with Crippen LogP contribution in [0.1, 0.15) is 38.1 Å². The van der Waals surface area contributed by atoms with E-state index >= 15 is 4.39 Å². The molecule has 4 nitrogen and oxygen atoms in total. The van der Waals surface area contributed by atoms with Gasteiger partial charge in [0.15, 0.2) is 0 Å². The summed E-state index contributed by atoms with van der Waals surface area (Å²) in [5, 5.41) is 0. The Morgan fingerprint density at radius 3 is 2.37 bits per heavy atom. The molecule has 0 aliphatic heterocycles. The zero-order valence-corrected chi connectivity index (χ0v) is 16.6. The smallest absolute Gasteiger partial charge is 0.232 e. The summed E-state index contributed by atoms with van der Waals surface area (Å²) in [5.41, 5.74) is 4.34. The Balaban J connectivity index is 2.24. The summed E-state index contributed by atoms with van der Waals surface area (Å²) in [6.07, 6.45) is 0.476. The van der Waals surface area contributed by atoms with Crippen molar-refractivity contribution in [3.05, 3.63) is 47.7 Å². The molecule has 3 aromatic rings. The number of fused-ring (bicyclic) bond motifs is 1. The Morgan fingerprint density at radius 2 is 1.74 bits per heavy atom. The van der Waals surface area contributed by atoms with Crippen LogP contribution in [0.25, 0.3) is 22.2 Å². The van der Waals surface area contributed by atoms with E-state index in [1.165, 1.54) is 0 Å². The highest BCUT2D eigenvalue weighted by atomic mass is 19.1. The Kier molecular flexibility index (Phi) is 5.05. The van der Waals surface area contributed by atoms with Gasteiger partial charge in [-0.1, -0.05) is 20.8 Å². The molecular weight excluding hydrogens is 343 g/mol. The second-order valence-corrected chi connectivity index (χ2v) is 7.82. The number of aromatic nitrogens is 2. The first-order valence-electron chi connectivity index (χ1n) is 8.87. The van der Waals surface area contributed by atoms with Gasteiger partial charge in [0.05, 0.1) is 31.4 Å². The standard InChI is InChI=1S/C22H25FN2O2/c1-13-7-17(20-18(8-13)25-19(27-6)12-24-20)14-9-15(11-16(10-14)26-5)21(23)22(2,3)4/h7-12,21H,1-6H3. The molecule has 1 heterocycles. The SMILES string of the molecule is COc1cc(-c2cc(C)cc3nc(OC)cnc23)cc(C(F)C(C)(C)C)c1. The van der Waals surface area contributed by atoms with E-state index in [1.807, 2.05) is 52.0 Å². The number of hydrogen-bond acceptors (Lipinski definition) is 4. The van der Waals surface area contributed by atoms with E-state index in [0.717, 1.165) is 27.7 Å². The number of methoxy groups -OCH3 is 2. The number of halogens is 1. The van der Waals surface area contributed by atoms with Crippen molar-refractivity contribution in [2.75, 3.05) is 14.2 Å². The lowest BCUT2D eigenvalue weighted by atomic mass is 9.85. The molecule has 0 amide bonds. The first-order valence-corrected chi connectivity index (χ1v) is 8.87. The highest BCUT2D eigenvalue weighted by Gasteiger charge is 2.27. The van der Waals surface area contributed by atoms with Crippen molar-refractivity contribution in [1.29, 1.82) is 0 Å². The highest BCUT2D eigenvalue weighted by Crippen LogP contribution is 2.40. The minimum atomic E-state index is -1.12. The van der Waals surface area contributed by atoms with E-state index in [2.05, 4.69) is 9.97 Å². The molecule has 0 N–H and O–H groups in total. The molecule has 2 aromatic carbocycles. The van der Waals surface area contributed by atoms with Crippen LogP contribution in [0.4, 0.5) is 4.39 Å². The van der Waals surface area contributed by atoms with E-state index in [0.29, 0.717) is 17.2 Å². The Labute approximate surface area is 159 Å². The van der Waals surface area contributed by atoms with Gasteiger partial charge in [-0.05, 0) is 59.4 Å². The van der Waals surface area contributed by atoms with Crippen LogP contribution in [0.3, 0.4) is 0 Å². The van der Waals surface area contributed by atoms with Crippen molar-refractivity contribution >= 4 is 11.0 Å². The minimum Gasteiger partial charge on any atom is -0.497 e. The monoisotopic (exact) mass is 368 g/mol. The fourth-order valence-corrected chi connectivity index (χ4v) is 3.11.